The zero-order valence-electron chi connectivity index (χ0n) is 9.40. The van der Waals surface area contributed by atoms with Gasteiger partial charge in [0.25, 0.3) is 11.6 Å². The molecule has 8 nitrogen and oxygen atoms in total. The van der Waals surface area contributed by atoms with Gasteiger partial charge in [-0.05, 0) is 13.0 Å². The van der Waals surface area contributed by atoms with E-state index in [9.17, 15) is 14.9 Å². The second-order valence-corrected chi connectivity index (χ2v) is 3.58. The van der Waals surface area contributed by atoms with Crippen molar-refractivity contribution >= 4 is 11.6 Å². The van der Waals surface area contributed by atoms with Gasteiger partial charge in [0.05, 0.1) is 16.3 Å². The second-order valence-electron chi connectivity index (χ2n) is 3.58. The number of aromatic nitrogens is 3. The summed E-state index contributed by atoms with van der Waals surface area (Å²) in [6.07, 6.45) is 0. The van der Waals surface area contributed by atoms with E-state index in [0.717, 1.165) is 0 Å². The van der Waals surface area contributed by atoms with Gasteiger partial charge in [0.2, 0.25) is 0 Å². The van der Waals surface area contributed by atoms with Crippen LogP contribution in [0.2, 0.25) is 0 Å². The van der Waals surface area contributed by atoms with Crippen LogP contribution in [0.5, 0.6) is 0 Å². The van der Waals surface area contributed by atoms with Crippen molar-refractivity contribution in [1.29, 1.82) is 0 Å². The summed E-state index contributed by atoms with van der Waals surface area (Å²) in [6.45, 7) is 1.61. The van der Waals surface area contributed by atoms with Crippen LogP contribution in [0.15, 0.2) is 24.3 Å². The molecule has 0 atom stereocenters. The van der Waals surface area contributed by atoms with E-state index in [2.05, 4.69) is 10.3 Å². The van der Waals surface area contributed by atoms with Crippen molar-refractivity contribution in [2.45, 2.75) is 6.92 Å². The lowest BCUT2D eigenvalue weighted by atomic mass is 10.2. The predicted octanol–water partition coefficient (Wildman–Crippen LogP) is 0.583. The molecule has 0 saturated heterocycles. The van der Waals surface area contributed by atoms with E-state index in [0.29, 0.717) is 11.4 Å². The minimum Gasteiger partial charge on any atom is -0.364 e. The first kappa shape index (κ1) is 11.7. The van der Waals surface area contributed by atoms with E-state index < -0.39 is 10.8 Å². The molecule has 1 heterocycles. The summed E-state index contributed by atoms with van der Waals surface area (Å²) in [5.74, 6) is -0.691. The number of hydrogen-bond donors (Lipinski definition) is 1. The Morgan fingerprint density at radius 3 is 2.78 bits per heavy atom. The molecule has 0 aliphatic rings. The lowest BCUT2D eigenvalue weighted by molar-refractivity contribution is -0.384. The Morgan fingerprint density at radius 2 is 2.22 bits per heavy atom. The van der Waals surface area contributed by atoms with Crippen LogP contribution in [0.3, 0.4) is 0 Å². The third-order valence-corrected chi connectivity index (χ3v) is 2.41. The van der Waals surface area contributed by atoms with E-state index in [1.54, 1.807) is 13.0 Å². The molecule has 1 aromatic heterocycles. The highest BCUT2D eigenvalue weighted by Crippen LogP contribution is 2.18. The van der Waals surface area contributed by atoms with Gasteiger partial charge in [-0.3, -0.25) is 14.9 Å². The summed E-state index contributed by atoms with van der Waals surface area (Å²) >= 11 is 0. The molecule has 8 heteroatoms. The Balaban J connectivity index is 2.52. The van der Waals surface area contributed by atoms with Crippen molar-refractivity contribution in [2.24, 2.45) is 5.73 Å². The highest BCUT2D eigenvalue weighted by Gasteiger charge is 2.15. The Kier molecular flexibility index (Phi) is 2.76. The first-order valence-electron chi connectivity index (χ1n) is 4.97. The second kappa shape index (κ2) is 4.24. The summed E-state index contributed by atoms with van der Waals surface area (Å²) in [6, 6.07) is 5.86. The molecular weight excluding hydrogens is 238 g/mol. The van der Waals surface area contributed by atoms with E-state index in [4.69, 9.17) is 5.73 Å². The minimum absolute atomic E-state index is 0.0431. The quantitative estimate of drug-likeness (QED) is 0.628. The molecule has 0 spiro atoms. The Morgan fingerprint density at radius 1 is 1.50 bits per heavy atom. The molecular formula is C10H9N5O3. The number of nitrogens with two attached hydrogens (primary N) is 1. The molecule has 92 valence electrons. The van der Waals surface area contributed by atoms with Crippen molar-refractivity contribution in [3.63, 3.8) is 0 Å². The van der Waals surface area contributed by atoms with Gasteiger partial charge in [-0.25, -0.2) is 4.68 Å². The largest absolute Gasteiger partial charge is 0.364 e. The Hall–Kier alpha value is -2.77. The number of benzene rings is 1. The van der Waals surface area contributed by atoms with Crippen molar-refractivity contribution < 1.29 is 9.72 Å². The molecule has 0 bridgehead atoms. The summed E-state index contributed by atoms with van der Waals surface area (Å²) in [5, 5.41) is 18.1. The summed E-state index contributed by atoms with van der Waals surface area (Å²) in [5.41, 5.74) is 5.98. The standard InChI is InChI=1S/C10H9N5O3/c1-6-9(10(11)16)12-13-14(6)7-3-2-4-8(5-7)15(17)18/h2-5H,1H3,(H2,11,16). The Labute approximate surface area is 101 Å². The number of carbonyl (C=O) groups excluding carboxylic acids is 1. The number of carbonyl (C=O) groups is 1. The molecule has 0 unspecified atom stereocenters. The highest BCUT2D eigenvalue weighted by molar-refractivity contribution is 5.91. The van der Waals surface area contributed by atoms with Gasteiger partial charge in [-0.15, -0.1) is 5.10 Å². The number of nitrogens with zero attached hydrogens (tertiary/aromatic N) is 4. The topological polar surface area (TPSA) is 117 Å². The monoisotopic (exact) mass is 247 g/mol. The molecule has 0 aliphatic heterocycles. The van der Waals surface area contributed by atoms with Gasteiger partial charge in [-0.1, -0.05) is 11.3 Å². The number of primary amides is 1. The molecule has 1 amide bonds. The van der Waals surface area contributed by atoms with Crippen molar-refractivity contribution in [2.75, 3.05) is 0 Å². The minimum atomic E-state index is -0.691. The van der Waals surface area contributed by atoms with E-state index in [1.165, 1.54) is 22.9 Å². The maximum Gasteiger partial charge on any atom is 0.271 e. The lowest BCUT2D eigenvalue weighted by Crippen LogP contribution is -2.13. The molecule has 0 fully saturated rings. The normalized spacial score (nSPS) is 10.3. The number of rotatable bonds is 3. The molecule has 1 aromatic carbocycles. The zero-order chi connectivity index (χ0) is 13.3. The van der Waals surface area contributed by atoms with Crippen molar-refractivity contribution in [3.05, 3.63) is 45.8 Å². The lowest BCUT2D eigenvalue weighted by Gasteiger charge is -2.02. The fourth-order valence-corrected chi connectivity index (χ4v) is 1.54. The molecule has 18 heavy (non-hydrogen) atoms. The SMILES string of the molecule is Cc1c(C(N)=O)nnn1-c1cccc([N+](=O)[O-])c1. The molecule has 2 rings (SSSR count). The molecule has 2 N–H and O–H groups in total. The molecule has 0 saturated carbocycles. The van der Waals surface area contributed by atoms with Gasteiger partial charge in [0.1, 0.15) is 0 Å². The van der Waals surface area contributed by atoms with Gasteiger partial charge >= 0.3 is 0 Å². The zero-order valence-corrected chi connectivity index (χ0v) is 9.40. The highest BCUT2D eigenvalue weighted by atomic mass is 16.6. The molecule has 0 radical (unpaired) electrons. The van der Waals surface area contributed by atoms with Crippen LogP contribution >= 0.6 is 0 Å². The van der Waals surface area contributed by atoms with Crippen molar-refractivity contribution in [3.8, 4) is 5.69 Å². The van der Waals surface area contributed by atoms with Gasteiger partial charge < -0.3 is 5.73 Å². The number of hydrogen-bond acceptors (Lipinski definition) is 5. The molecule has 0 aliphatic carbocycles. The van der Waals surface area contributed by atoms with Gasteiger partial charge in [0, 0.05) is 12.1 Å². The fraction of sp³-hybridized carbons (Fsp3) is 0.100. The van der Waals surface area contributed by atoms with E-state index >= 15 is 0 Å². The van der Waals surface area contributed by atoms with E-state index in [-0.39, 0.29) is 11.4 Å². The van der Waals surface area contributed by atoms with Crippen LogP contribution in [-0.4, -0.2) is 25.8 Å². The van der Waals surface area contributed by atoms with Crippen molar-refractivity contribution in [1.82, 2.24) is 15.0 Å². The van der Waals surface area contributed by atoms with Crippen LogP contribution in [0.25, 0.3) is 5.69 Å². The summed E-state index contributed by atoms with van der Waals surface area (Å²) < 4.78 is 1.33. The van der Waals surface area contributed by atoms with Crippen LogP contribution < -0.4 is 5.73 Å². The first-order valence-corrected chi connectivity index (χ1v) is 4.97. The number of nitro benzene ring substituents is 1. The van der Waals surface area contributed by atoms with Gasteiger partial charge in [0.15, 0.2) is 5.69 Å². The maximum atomic E-state index is 11.0. The summed E-state index contributed by atoms with van der Waals surface area (Å²) in [4.78, 5) is 21.2. The predicted molar refractivity (Wildman–Crippen MR) is 61.3 cm³/mol. The average molecular weight is 247 g/mol. The third kappa shape index (κ3) is 1.90. The fourth-order valence-electron chi connectivity index (χ4n) is 1.54. The number of non-ortho nitro benzene ring substituents is 1. The van der Waals surface area contributed by atoms with Crippen LogP contribution in [0, 0.1) is 17.0 Å². The summed E-state index contributed by atoms with van der Waals surface area (Å²) in [7, 11) is 0. The van der Waals surface area contributed by atoms with E-state index in [1.807, 2.05) is 0 Å². The van der Waals surface area contributed by atoms with Gasteiger partial charge in [-0.2, -0.15) is 0 Å². The van der Waals surface area contributed by atoms with Crippen LogP contribution in [0.1, 0.15) is 16.2 Å². The number of nitro groups is 1. The smallest absolute Gasteiger partial charge is 0.271 e. The molecule has 2 aromatic rings. The Bertz CT molecular complexity index is 634. The maximum absolute atomic E-state index is 11.0. The van der Waals surface area contributed by atoms with Crippen LogP contribution in [-0.2, 0) is 0 Å². The van der Waals surface area contributed by atoms with Crippen LogP contribution in [0.4, 0.5) is 5.69 Å². The third-order valence-electron chi connectivity index (χ3n) is 2.41. The first-order chi connectivity index (χ1) is 8.50. The average Bonchev–Trinajstić information content (AvgIpc) is 2.71. The number of amides is 1.